The average Bonchev–Trinajstić information content (AvgIpc) is 2.52. The summed E-state index contributed by atoms with van der Waals surface area (Å²) in [6, 6.07) is 4.26. The lowest BCUT2D eigenvalue weighted by atomic mass is 10.0. The van der Waals surface area contributed by atoms with E-state index in [-0.39, 0.29) is 35.4 Å². The third-order valence-corrected chi connectivity index (χ3v) is 4.60. The van der Waals surface area contributed by atoms with Crippen LogP contribution in [0.15, 0.2) is 23.1 Å². The zero-order valence-corrected chi connectivity index (χ0v) is 13.1. The molecule has 1 saturated heterocycles. The highest BCUT2D eigenvalue weighted by atomic mass is 32.2. The number of carbonyl (C=O) groups excluding carboxylic acids is 3. The third-order valence-electron chi connectivity index (χ3n) is 3.38. The Labute approximate surface area is 135 Å². The van der Waals surface area contributed by atoms with Crippen molar-refractivity contribution in [2.75, 3.05) is 12.9 Å². The van der Waals surface area contributed by atoms with E-state index in [1.165, 1.54) is 12.1 Å². The smallest absolute Gasteiger partial charge is 0.346 e. The van der Waals surface area contributed by atoms with Crippen LogP contribution in [-0.4, -0.2) is 35.6 Å². The van der Waals surface area contributed by atoms with Gasteiger partial charge in [-0.3, -0.25) is 25.0 Å². The van der Waals surface area contributed by atoms with E-state index in [1.807, 2.05) is 0 Å². The van der Waals surface area contributed by atoms with Crippen molar-refractivity contribution in [1.82, 2.24) is 5.32 Å². The molecule has 2 amide bonds. The van der Waals surface area contributed by atoms with Gasteiger partial charge in [-0.15, -0.1) is 11.8 Å². The molecule has 1 aliphatic heterocycles. The van der Waals surface area contributed by atoms with Crippen molar-refractivity contribution in [3.63, 3.8) is 0 Å². The molecule has 0 aliphatic carbocycles. The molecule has 0 aromatic heterocycles. The summed E-state index contributed by atoms with van der Waals surface area (Å²) in [4.78, 5) is 45.5. The van der Waals surface area contributed by atoms with Gasteiger partial charge in [-0.2, -0.15) is 0 Å². The van der Waals surface area contributed by atoms with E-state index in [0.717, 1.165) is 18.9 Å². The van der Waals surface area contributed by atoms with Crippen molar-refractivity contribution in [3.8, 4) is 0 Å². The number of nitro benzene ring substituents is 1. The lowest BCUT2D eigenvalue weighted by Crippen LogP contribution is -2.41. The van der Waals surface area contributed by atoms with Crippen LogP contribution >= 0.6 is 11.8 Å². The number of thioether (sulfide) groups is 1. The molecule has 23 heavy (non-hydrogen) atoms. The molecule has 1 aromatic rings. The number of nitrogens with zero attached hydrogens (tertiary/aromatic N) is 1. The SMILES string of the molecule is COC(=O)c1c(SCC2CCC(=O)NC2=O)cccc1[N+](=O)[O-]. The van der Waals surface area contributed by atoms with Crippen LogP contribution in [0.2, 0.25) is 0 Å². The molecular formula is C14H14N2O6S. The number of amides is 2. The highest BCUT2D eigenvalue weighted by Gasteiger charge is 2.29. The first-order chi connectivity index (χ1) is 10.9. The molecule has 0 spiro atoms. The molecule has 122 valence electrons. The molecule has 1 N–H and O–H groups in total. The number of esters is 1. The van der Waals surface area contributed by atoms with E-state index >= 15 is 0 Å². The van der Waals surface area contributed by atoms with Crippen LogP contribution in [0.25, 0.3) is 0 Å². The first-order valence-electron chi connectivity index (χ1n) is 6.76. The van der Waals surface area contributed by atoms with Gasteiger partial charge in [-0.05, 0) is 12.5 Å². The van der Waals surface area contributed by atoms with Gasteiger partial charge < -0.3 is 4.74 Å². The van der Waals surface area contributed by atoms with E-state index in [1.54, 1.807) is 6.07 Å². The van der Waals surface area contributed by atoms with Crippen molar-refractivity contribution in [1.29, 1.82) is 0 Å². The van der Waals surface area contributed by atoms with E-state index < -0.39 is 10.9 Å². The maximum absolute atomic E-state index is 11.9. The van der Waals surface area contributed by atoms with Crippen LogP contribution in [0.1, 0.15) is 23.2 Å². The van der Waals surface area contributed by atoms with Crippen LogP contribution in [0.3, 0.4) is 0 Å². The second kappa shape index (κ2) is 7.23. The molecule has 9 heteroatoms. The van der Waals surface area contributed by atoms with Gasteiger partial charge in [0.25, 0.3) is 5.69 Å². The summed E-state index contributed by atoms with van der Waals surface area (Å²) in [5.41, 5.74) is -0.470. The Morgan fingerprint density at radius 3 is 2.83 bits per heavy atom. The van der Waals surface area contributed by atoms with Crippen LogP contribution in [0, 0.1) is 16.0 Å². The molecule has 1 atom stereocenters. The summed E-state index contributed by atoms with van der Waals surface area (Å²) in [6.07, 6.45) is 0.677. The van der Waals surface area contributed by atoms with Gasteiger partial charge in [0, 0.05) is 29.1 Å². The standard InChI is InChI=1S/C14H14N2O6S/c1-22-14(19)12-9(16(20)21)3-2-4-10(12)23-7-8-5-6-11(17)15-13(8)18/h2-4,8H,5-7H2,1H3,(H,15,17,18). The summed E-state index contributed by atoms with van der Waals surface area (Å²) in [6.45, 7) is 0. The summed E-state index contributed by atoms with van der Waals surface area (Å²) >= 11 is 1.16. The number of hydrogen-bond donors (Lipinski definition) is 1. The van der Waals surface area contributed by atoms with Crippen molar-refractivity contribution < 1.29 is 24.0 Å². The first-order valence-corrected chi connectivity index (χ1v) is 7.74. The Balaban J connectivity index is 2.21. The van der Waals surface area contributed by atoms with Gasteiger partial charge in [0.05, 0.1) is 12.0 Å². The van der Waals surface area contributed by atoms with Crippen molar-refractivity contribution >= 4 is 35.2 Å². The van der Waals surface area contributed by atoms with Crippen LogP contribution < -0.4 is 5.32 Å². The maximum atomic E-state index is 11.9. The number of nitro groups is 1. The molecule has 1 heterocycles. The molecule has 0 radical (unpaired) electrons. The third kappa shape index (κ3) is 3.86. The number of piperidine rings is 1. The Bertz CT molecular complexity index is 675. The first kappa shape index (κ1) is 16.9. The molecule has 0 saturated carbocycles. The fourth-order valence-corrected chi connectivity index (χ4v) is 3.39. The highest BCUT2D eigenvalue weighted by molar-refractivity contribution is 7.99. The Morgan fingerprint density at radius 2 is 2.22 bits per heavy atom. The predicted octanol–water partition coefficient (Wildman–Crippen LogP) is 1.53. The van der Waals surface area contributed by atoms with Gasteiger partial charge in [0.15, 0.2) is 5.56 Å². The van der Waals surface area contributed by atoms with E-state index in [9.17, 15) is 24.5 Å². The summed E-state index contributed by atoms with van der Waals surface area (Å²) in [5, 5.41) is 13.3. The molecular weight excluding hydrogens is 324 g/mol. The molecule has 1 aliphatic rings. The van der Waals surface area contributed by atoms with E-state index in [4.69, 9.17) is 0 Å². The fourth-order valence-electron chi connectivity index (χ4n) is 2.19. The Kier molecular flexibility index (Phi) is 5.32. The lowest BCUT2D eigenvalue weighted by Gasteiger charge is -2.20. The van der Waals surface area contributed by atoms with Crippen LogP contribution in [-0.2, 0) is 14.3 Å². The maximum Gasteiger partial charge on any atom is 0.346 e. The topological polar surface area (TPSA) is 116 Å². The average molecular weight is 338 g/mol. The molecule has 1 aromatic carbocycles. The van der Waals surface area contributed by atoms with Crippen LogP contribution in [0.5, 0.6) is 0 Å². The Hall–Kier alpha value is -2.42. The Morgan fingerprint density at radius 1 is 1.48 bits per heavy atom. The number of rotatable bonds is 5. The van der Waals surface area contributed by atoms with Crippen molar-refractivity contribution in [2.45, 2.75) is 17.7 Å². The zero-order chi connectivity index (χ0) is 17.0. The minimum atomic E-state index is -0.803. The van der Waals surface area contributed by atoms with Gasteiger partial charge in [0.1, 0.15) is 0 Å². The highest BCUT2D eigenvalue weighted by Crippen LogP contribution is 2.32. The number of carbonyl (C=O) groups is 3. The van der Waals surface area contributed by atoms with Gasteiger partial charge in [0.2, 0.25) is 11.8 Å². The van der Waals surface area contributed by atoms with Gasteiger partial charge in [-0.25, -0.2) is 4.79 Å². The molecule has 0 bridgehead atoms. The predicted molar refractivity (Wildman–Crippen MR) is 81.0 cm³/mol. The number of methoxy groups -OCH3 is 1. The molecule has 8 nitrogen and oxygen atoms in total. The quantitative estimate of drug-likeness (QED) is 0.284. The molecule has 1 unspecified atom stereocenters. The van der Waals surface area contributed by atoms with Crippen LogP contribution in [0.4, 0.5) is 5.69 Å². The van der Waals surface area contributed by atoms with Crippen molar-refractivity contribution in [2.24, 2.45) is 5.92 Å². The zero-order valence-electron chi connectivity index (χ0n) is 12.2. The number of nitrogens with one attached hydrogen (secondary N) is 1. The number of ether oxygens (including phenoxy) is 1. The minimum Gasteiger partial charge on any atom is -0.465 e. The van der Waals surface area contributed by atoms with Gasteiger partial charge >= 0.3 is 5.97 Å². The number of imide groups is 1. The summed E-state index contributed by atoms with van der Waals surface area (Å²) in [7, 11) is 1.15. The monoisotopic (exact) mass is 338 g/mol. The lowest BCUT2D eigenvalue weighted by molar-refractivity contribution is -0.385. The normalized spacial score (nSPS) is 17.5. The second-order valence-corrected chi connectivity index (χ2v) is 5.92. The van der Waals surface area contributed by atoms with E-state index in [2.05, 4.69) is 10.1 Å². The minimum absolute atomic E-state index is 0.128. The molecule has 2 rings (SSSR count). The number of benzene rings is 1. The largest absolute Gasteiger partial charge is 0.465 e. The van der Waals surface area contributed by atoms with Crippen molar-refractivity contribution in [3.05, 3.63) is 33.9 Å². The number of hydrogen-bond acceptors (Lipinski definition) is 7. The van der Waals surface area contributed by atoms with E-state index in [0.29, 0.717) is 17.1 Å². The summed E-state index contributed by atoms with van der Waals surface area (Å²) < 4.78 is 4.61. The fraction of sp³-hybridized carbons (Fsp3) is 0.357. The van der Waals surface area contributed by atoms with Gasteiger partial charge in [-0.1, -0.05) is 6.07 Å². The second-order valence-electron chi connectivity index (χ2n) is 4.86. The summed E-state index contributed by atoms with van der Waals surface area (Å²) in [5.74, 6) is -1.55. The molecule has 1 fully saturated rings.